The van der Waals surface area contributed by atoms with E-state index in [0.717, 1.165) is 11.3 Å². The first kappa shape index (κ1) is 14.9. The van der Waals surface area contributed by atoms with Crippen molar-refractivity contribution in [2.75, 3.05) is 4.31 Å². The van der Waals surface area contributed by atoms with Gasteiger partial charge < -0.3 is 0 Å². The second kappa shape index (κ2) is 5.66. The van der Waals surface area contributed by atoms with Crippen LogP contribution in [0.15, 0.2) is 64.2 Å². The largest absolute Gasteiger partial charge is 0.328 e. The van der Waals surface area contributed by atoms with Crippen molar-refractivity contribution in [2.24, 2.45) is 0 Å². The van der Waals surface area contributed by atoms with Gasteiger partial charge in [0.15, 0.2) is 0 Å². The maximum atomic E-state index is 13.6. The fourth-order valence-corrected chi connectivity index (χ4v) is 4.66. The van der Waals surface area contributed by atoms with E-state index in [1.54, 1.807) is 41.8 Å². The van der Waals surface area contributed by atoms with Crippen molar-refractivity contribution >= 4 is 37.8 Å². The van der Waals surface area contributed by atoms with Crippen molar-refractivity contribution in [2.45, 2.75) is 10.8 Å². The molecule has 7 heteroatoms. The Hall–Kier alpha value is -1.99. The molecule has 0 saturated heterocycles. The maximum Gasteiger partial charge on any atom is 0.328 e. The van der Waals surface area contributed by atoms with Crippen LogP contribution in [0.4, 0.5) is 14.5 Å². The van der Waals surface area contributed by atoms with Gasteiger partial charge in [0, 0.05) is 5.39 Å². The first-order valence-electron chi connectivity index (χ1n) is 6.35. The molecule has 3 rings (SSSR count). The summed E-state index contributed by atoms with van der Waals surface area (Å²) in [6.07, 6.45) is 0. The lowest BCUT2D eigenvalue weighted by Gasteiger charge is -2.24. The standard InChI is InChI=1S/C15H11F2NO2S2/c16-15(17)18(22(19,20)14-9-4-10-21-14)13-8-3-6-11-5-1-2-7-12(11)13/h1-10,15H. The Kier molecular flexibility index (Phi) is 3.84. The van der Waals surface area contributed by atoms with Gasteiger partial charge >= 0.3 is 6.55 Å². The van der Waals surface area contributed by atoms with E-state index in [1.807, 2.05) is 0 Å². The van der Waals surface area contributed by atoms with E-state index < -0.39 is 16.6 Å². The maximum absolute atomic E-state index is 13.6. The minimum atomic E-state index is -4.30. The summed E-state index contributed by atoms with van der Waals surface area (Å²) >= 11 is 0.913. The molecule has 0 spiro atoms. The molecule has 0 saturated carbocycles. The Morgan fingerprint density at radius 1 is 0.955 bits per heavy atom. The molecule has 114 valence electrons. The zero-order valence-corrected chi connectivity index (χ0v) is 12.8. The Morgan fingerprint density at radius 3 is 2.36 bits per heavy atom. The van der Waals surface area contributed by atoms with Crippen LogP contribution in [0.25, 0.3) is 10.8 Å². The van der Waals surface area contributed by atoms with Crippen molar-refractivity contribution in [1.82, 2.24) is 0 Å². The SMILES string of the molecule is O=S(=O)(c1cccs1)N(c1cccc2ccccc12)C(F)F. The predicted octanol–water partition coefficient (Wildman–Crippen LogP) is 4.32. The summed E-state index contributed by atoms with van der Waals surface area (Å²) in [5, 5.41) is 2.71. The molecule has 0 unspecified atom stereocenters. The molecule has 0 atom stereocenters. The van der Waals surface area contributed by atoms with Gasteiger partial charge in [0.25, 0.3) is 10.0 Å². The van der Waals surface area contributed by atoms with E-state index in [4.69, 9.17) is 0 Å². The van der Waals surface area contributed by atoms with Crippen LogP contribution in [0.1, 0.15) is 0 Å². The minimum Gasteiger partial charge on any atom is -0.205 e. The Bertz CT molecular complexity index is 888. The molecule has 0 bridgehead atoms. The van der Waals surface area contributed by atoms with E-state index >= 15 is 0 Å². The first-order valence-corrected chi connectivity index (χ1v) is 8.67. The fourth-order valence-electron chi connectivity index (χ4n) is 2.25. The molecule has 0 aliphatic heterocycles. The second-order valence-electron chi connectivity index (χ2n) is 4.51. The third-order valence-electron chi connectivity index (χ3n) is 3.19. The van der Waals surface area contributed by atoms with Gasteiger partial charge in [-0.25, -0.2) is 12.7 Å². The van der Waals surface area contributed by atoms with Gasteiger partial charge in [-0.3, -0.25) is 0 Å². The van der Waals surface area contributed by atoms with Gasteiger partial charge in [-0.15, -0.1) is 11.3 Å². The summed E-state index contributed by atoms with van der Waals surface area (Å²) < 4.78 is 52.2. The molecule has 1 heterocycles. The van der Waals surface area contributed by atoms with Gasteiger partial charge in [-0.05, 0) is 22.9 Å². The third kappa shape index (κ3) is 2.46. The van der Waals surface area contributed by atoms with Crippen LogP contribution >= 0.6 is 11.3 Å². The van der Waals surface area contributed by atoms with Crippen LogP contribution in [0.5, 0.6) is 0 Å². The third-order valence-corrected chi connectivity index (χ3v) is 6.29. The molecule has 0 fully saturated rings. The highest BCUT2D eigenvalue weighted by Crippen LogP contribution is 2.34. The Balaban J connectivity index is 2.24. The van der Waals surface area contributed by atoms with E-state index in [1.165, 1.54) is 18.2 Å². The average molecular weight is 339 g/mol. The molecular weight excluding hydrogens is 328 g/mol. The number of alkyl halides is 2. The highest BCUT2D eigenvalue weighted by molar-refractivity contribution is 7.94. The summed E-state index contributed by atoms with van der Waals surface area (Å²) in [6, 6.07) is 14.4. The number of benzene rings is 2. The van der Waals surface area contributed by atoms with Crippen LogP contribution in [-0.4, -0.2) is 15.0 Å². The number of fused-ring (bicyclic) bond motifs is 1. The number of anilines is 1. The van der Waals surface area contributed by atoms with Crippen LogP contribution in [0, 0.1) is 0 Å². The first-order chi connectivity index (χ1) is 10.5. The highest BCUT2D eigenvalue weighted by atomic mass is 32.2. The van der Waals surface area contributed by atoms with Crippen molar-refractivity contribution in [3.8, 4) is 0 Å². The number of sulfonamides is 1. The molecule has 3 aromatic rings. The smallest absolute Gasteiger partial charge is 0.205 e. The van der Waals surface area contributed by atoms with E-state index in [9.17, 15) is 17.2 Å². The zero-order chi connectivity index (χ0) is 15.7. The van der Waals surface area contributed by atoms with Crippen LogP contribution in [0.2, 0.25) is 0 Å². The number of nitrogens with zero attached hydrogens (tertiary/aromatic N) is 1. The monoisotopic (exact) mass is 339 g/mol. The lowest BCUT2D eigenvalue weighted by molar-refractivity contribution is 0.162. The van der Waals surface area contributed by atoms with E-state index in [2.05, 4.69) is 0 Å². The highest BCUT2D eigenvalue weighted by Gasteiger charge is 2.33. The summed E-state index contributed by atoms with van der Waals surface area (Å²) in [5.74, 6) is 0. The van der Waals surface area contributed by atoms with Gasteiger partial charge in [0.1, 0.15) is 4.21 Å². The lowest BCUT2D eigenvalue weighted by Crippen LogP contribution is -2.35. The van der Waals surface area contributed by atoms with Crippen LogP contribution in [0.3, 0.4) is 0 Å². The predicted molar refractivity (Wildman–Crippen MR) is 83.9 cm³/mol. The van der Waals surface area contributed by atoms with E-state index in [-0.39, 0.29) is 14.2 Å². The van der Waals surface area contributed by atoms with Gasteiger partial charge in [-0.1, -0.05) is 42.5 Å². The molecule has 0 aliphatic rings. The molecular formula is C15H11F2NO2S2. The summed E-state index contributed by atoms with van der Waals surface area (Å²) in [5.41, 5.74) is -0.0264. The summed E-state index contributed by atoms with van der Waals surface area (Å²) in [4.78, 5) is 0. The Labute approximate surface area is 130 Å². The number of hydrogen-bond acceptors (Lipinski definition) is 3. The minimum absolute atomic E-state index is 0.0264. The molecule has 22 heavy (non-hydrogen) atoms. The number of hydrogen-bond donors (Lipinski definition) is 0. The van der Waals surface area contributed by atoms with Gasteiger partial charge in [0.05, 0.1) is 5.69 Å². The molecule has 0 amide bonds. The quantitative estimate of drug-likeness (QED) is 0.664. The van der Waals surface area contributed by atoms with Crippen molar-refractivity contribution in [1.29, 1.82) is 0 Å². The molecule has 0 N–H and O–H groups in total. The number of rotatable bonds is 4. The normalized spacial score (nSPS) is 12.0. The van der Waals surface area contributed by atoms with Crippen molar-refractivity contribution in [3.63, 3.8) is 0 Å². The fraction of sp³-hybridized carbons (Fsp3) is 0.0667. The molecule has 0 aliphatic carbocycles. The van der Waals surface area contributed by atoms with Crippen molar-refractivity contribution in [3.05, 3.63) is 60.0 Å². The number of halogens is 2. The lowest BCUT2D eigenvalue weighted by atomic mass is 10.1. The molecule has 1 aromatic heterocycles. The van der Waals surface area contributed by atoms with Gasteiger partial charge in [-0.2, -0.15) is 8.78 Å². The molecule has 2 aromatic carbocycles. The Morgan fingerprint density at radius 2 is 1.68 bits per heavy atom. The van der Waals surface area contributed by atoms with Gasteiger partial charge in [0.2, 0.25) is 0 Å². The zero-order valence-electron chi connectivity index (χ0n) is 11.2. The average Bonchev–Trinajstić information content (AvgIpc) is 3.02. The topological polar surface area (TPSA) is 37.4 Å². The van der Waals surface area contributed by atoms with Crippen LogP contribution < -0.4 is 4.31 Å². The number of thiophene rings is 1. The summed E-state index contributed by atoms with van der Waals surface area (Å²) in [7, 11) is -4.30. The molecule has 0 radical (unpaired) electrons. The second-order valence-corrected chi connectivity index (χ2v) is 7.50. The molecule has 3 nitrogen and oxygen atoms in total. The van der Waals surface area contributed by atoms with Crippen molar-refractivity contribution < 1.29 is 17.2 Å². The van der Waals surface area contributed by atoms with Crippen LogP contribution in [-0.2, 0) is 10.0 Å². The summed E-state index contributed by atoms with van der Waals surface area (Å²) in [6.45, 7) is -3.17. The van der Waals surface area contributed by atoms with E-state index in [0.29, 0.717) is 10.8 Å².